The third kappa shape index (κ3) is 4.14. The van der Waals surface area contributed by atoms with Crippen molar-refractivity contribution >= 4 is 12.1 Å². The monoisotopic (exact) mass is 282 g/mol. The van der Waals surface area contributed by atoms with Crippen LogP contribution in [-0.2, 0) is 23.7 Å². The van der Waals surface area contributed by atoms with E-state index in [0.29, 0.717) is 38.7 Å². The molecular formula is C14H18O6. The maximum Gasteiger partial charge on any atom is 0.509 e. The fourth-order valence-corrected chi connectivity index (χ4v) is 2.21. The Morgan fingerprint density at radius 2 is 1.95 bits per heavy atom. The van der Waals surface area contributed by atoms with E-state index >= 15 is 0 Å². The van der Waals surface area contributed by atoms with Gasteiger partial charge in [0.15, 0.2) is 6.10 Å². The van der Waals surface area contributed by atoms with E-state index in [1.54, 1.807) is 0 Å². The fraction of sp³-hybridized carbons (Fsp3) is 0.714. The average molecular weight is 282 g/mol. The van der Waals surface area contributed by atoms with Crippen LogP contribution >= 0.6 is 0 Å². The Morgan fingerprint density at radius 1 is 1.10 bits per heavy atom. The van der Waals surface area contributed by atoms with Crippen LogP contribution in [0.1, 0.15) is 32.1 Å². The van der Waals surface area contributed by atoms with E-state index in [-0.39, 0.29) is 12.6 Å². The molecule has 3 unspecified atom stereocenters. The summed E-state index contributed by atoms with van der Waals surface area (Å²) in [5, 5.41) is 0. The van der Waals surface area contributed by atoms with Crippen LogP contribution in [0.2, 0.25) is 0 Å². The molecule has 3 atom stereocenters. The van der Waals surface area contributed by atoms with Gasteiger partial charge in [-0.05, 0) is 19.3 Å². The molecule has 2 aliphatic rings. The number of hydrogen-bond acceptors (Lipinski definition) is 6. The summed E-state index contributed by atoms with van der Waals surface area (Å²) >= 11 is 0. The van der Waals surface area contributed by atoms with Crippen LogP contribution < -0.4 is 0 Å². The number of carbonyl (C=O) groups is 2. The summed E-state index contributed by atoms with van der Waals surface area (Å²) in [7, 11) is 0. The third-order valence-electron chi connectivity index (χ3n) is 3.33. The van der Waals surface area contributed by atoms with Crippen molar-refractivity contribution in [3.63, 3.8) is 0 Å². The summed E-state index contributed by atoms with van der Waals surface area (Å²) in [5.74, 6) is 2.13. The molecule has 0 amide bonds. The van der Waals surface area contributed by atoms with Gasteiger partial charge >= 0.3 is 12.1 Å². The molecule has 0 spiro atoms. The molecule has 0 saturated carbocycles. The van der Waals surface area contributed by atoms with Gasteiger partial charge in [-0.25, -0.2) is 4.79 Å². The van der Waals surface area contributed by atoms with Crippen LogP contribution in [0.25, 0.3) is 0 Å². The maximum atomic E-state index is 11.7. The molecule has 0 bridgehead atoms. The molecule has 2 rings (SSSR count). The molecule has 0 aromatic heterocycles. The maximum absolute atomic E-state index is 11.7. The van der Waals surface area contributed by atoms with Crippen LogP contribution in [0.15, 0.2) is 0 Å². The van der Waals surface area contributed by atoms with Crippen molar-refractivity contribution in [2.75, 3.05) is 13.2 Å². The van der Waals surface area contributed by atoms with Gasteiger partial charge in [0.25, 0.3) is 0 Å². The van der Waals surface area contributed by atoms with Gasteiger partial charge in [-0.15, -0.1) is 6.42 Å². The molecule has 20 heavy (non-hydrogen) atoms. The molecular weight excluding hydrogens is 264 g/mol. The lowest BCUT2D eigenvalue weighted by molar-refractivity contribution is -0.148. The Bertz CT molecular complexity index is 399. The molecule has 2 saturated heterocycles. The van der Waals surface area contributed by atoms with Crippen molar-refractivity contribution in [1.29, 1.82) is 0 Å². The number of fused-ring (bicyclic) bond motifs is 1. The van der Waals surface area contributed by atoms with Crippen molar-refractivity contribution < 1.29 is 28.5 Å². The van der Waals surface area contributed by atoms with Crippen LogP contribution in [0, 0.1) is 12.3 Å². The second-order valence-electron chi connectivity index (χ2n) is 4.81. The minimum atomic E-state index is -0.793. The molecule has 6 nitrogen and oxygen atoms in total. The molecule has 2 heterocycles. The highest BCUT2D eigenvalue weighted by Gasteiger charge is 2.33. The first-order valence-electron chi connectivity index (χ1n) is 6.79. The van der Waals surface area contributed by atoms with E-state index in [0.717, 1.165) is 0 Å². The zero-order valence-electron chi connectivity index (χ0n) is 11.2. The molecule has 0 radical (unpaired) electrons. The highest BCUT2D eigenvalue weighted by atomic mass is 16.7. The topological polar surface area (TPSA) is 71.1 Å². The number of cyclic esters (lactones) is 2. The number of hydrogen-bond donors (Lipinski definition) is 0. The summed E-state index contributed by atoms with van der Waals surface area (Å²) in [4.78, 5) is 23.2. The minimum absolute atomic E-state index is 0.0926. The lowest BCUT2D eigenvalue weighted by Gasteiger charge is -2.19. The average Bonchev–Trinajstić information content (AvgIpc) is 2.86. The predicted molar refractivity (Wildman–Crippen MR) is 67.8 cm³/mol. The lowest BCUT2D eigenvalue weighted by Crippen LogP contribution is -2.33. The predicted octanol–water partition coefficient (Wildman–Crippen LogP) is 1.42. The Kier molecular flexibility index (Phi) is 5.24. The largest absolute Gasteiger partial charge is 0.509 e. The zero-order chi connectivity index (χ0) is 14.4. The highest BCUT2D eigenvalue weighted by Crippen LogP contribution is 2.20. The molecule has 2 aliphatic heterocycles. The molecule has 0 aromatic carbocycles. The summed E-state index contributed by atoms with van der Waals surface area (Å²) in [5.41, 5.74) is 0. The molecule has 110 valence electrons. The van der Waals surface area contributed by atoms with Gasteiger partial charge < -0.3 is 18.9 Å². The zero-order valence-corrected chi connectivity index (χ0v) is 11.2. The van der Waals surface area contributed by atoms with E-state index in [2.05, 4.69) is 5.92 Å². The van der Waals surface area contributed by atoms with E-state index < -0.39 is 24.5 Å². The fourth-order valence-electron chi connectivity index (χ4n) is 2.21. The van der Waals surface area contributed by atoms with E-state index in [1.807, 2.05) is 0 Å². The quantitative estimate of drug-likeness (QED) is 0.494. The van der Waals surface area contributed by atoms with E-state index in [1.165, 1.54) is 0 Å². The van der Waals surface area contributed by atoms with Gasteiger partial charge in [0.05, 0.1) is 6.61 Å². The molecule has 0 N–H and O–H groups in total. The molecule has 0 aliphatic carbocycles. The van der Waals surface area contributed by atoms with Gasteiger partial charge in [0.2, 0.25) is 0 Å². The lowest BCUT2D eigenvalue weighted by atomic mass is 10.1. The van der Waals surface area contributed by atoms with Crippen molar-refractivity contribution in [2.24, 2.45) is 0 Å². The Hall–Kier alpha value is -1.74. The Labute approximate surface area is 117 Å². The smallest absolute Gasteiger partial charge is 0.463 e. The van der Waals surface area contributed by atoms with Gasteiger partial charge in [-0.2, -0.15) is 0 Å². The summed E-state index contributed by atoms with van der Waals surface area (Å²) < 4.78 is 20.8. The van der Waals surface area contributed by atoms with Gasteiger partial charge in [-0.1, -0.05) is 5.92 Å². The second kappa shape index (κ2) is 7.15. The van der Waals surface area contributed by atoms with Gasteiger partial charge in [-0.3, -0.25) is 4.79 Å². The first-order valence-corrected chi connectivity index (χ1v) is 6.79. The SMILES string of the molecule is C#CC1CCCCC(=O)OCC2OCCC2OC(=O)O1. The first kappa shape index (κ1) is 14.7. The van der Waals surface area contributed by atoms with Crippen LogP contribution in [0.5, 0.6) is 0 Å². The van der Waals surface area contributed by atoms with Crippen LogP contribution in [0.4, 0.5) is 4.79 Å². The number of esters is 1. The number of ether oxygens (including phenoxy) is 4. The van der Waals surface area contributed by atoms with Crippen molar-refractivity contribution in [3.8, 4) is 12.3 Å². The van der Waals surface area contributed by atoms with Gasteiger partial charge in [0, 0.05) is 12.8 Å². The molecule has 2 fully saturated rings. The number of terminal acetylenes is 1. The summed E-state index contributed by atoms with van der Waals surface area (Å²) in [6.45, 7) is 0.550. The number of carbonyl (C=O) groups excluding carboxylic acids is 2. The minimum Gasteiger partial charge on any atom is -0.463 e. The standard InChI is InChI=1S/C14H18O6/c1-2-10-5-3-4-6-13(15)18-9-12-11(7-8-17-12)20-14(16)19-10/h1,10-12H,3-9H2. The van der Waals surface area contributed by atoms with Crippen LogP contribution in [0.3, 0.4) is 0 Å². The van der Waals surface area contributed by atoms with Crippen molar-refractivity contribution in [3.05, 3.63) is 0 Å². The third-order valence-corrected chi connectivity index (χ3v) is 3.33. The Balaban J connectivity index is 2.00. The normalized spacial score (nSPS) is 32.2. The van der Waals surface area contributed by atoms with Crippen molar-refractivity contribution in [1.82, 2.24) is 0 Å². The number of rotatable bonds is 0. The Morgan fingerprint density at radius 3 is 2.75 bits per heavy atom. The molecule has 0 aromatic rings. The summed E-state index contributed by atoms with van der Waals surface area (Å²) in [6, 6.07) is 0. The van der Waals surface area contributed by atoms with Crippen molar-refractivity contribution in [2.45, 2.75) is 50.4 Å². The van der Waals surface area contributed by atoms with E-state index in [4.69, 9.17) is 25.4 Å². The second-order valence-corrected chi connectivity index (χ2v) is 4.81. The van der Waals surface area contributed by atoms with Crippen LogP contribution in [-0.4, -0.2) is 43.7 Å². The summed E-state index contributed by atoms with van der Waals surface area (Å²) in [6.07, 6.45) is 5.70. The van der Waals surface area contributed by atoms with E-state index in [9.17, 15) is 9.59 Å². The first-order chi connectivity index (χ1) is 9.69. The molecule has 6 heteroatoms. The van der Waals surface area contributed by atoms with Gasteiger partial charge in [0.1, 0.15) is 18.8 Å². The highest BCUT2D eigenvalue weighted by molar-refractivity contribution is 5.69.